The highest BCUT2D eigenvalue weighted by atomic mass is 19.2. The van der Waals surface area contributed by atoms with Gasteiger partial charge in [0.15, 0.2) is 17.4 Å². The zero-order valence-corrected chi connectivity index (χ0v) is 15.3. The summed E-state index contributed by atoms with van der Waals surface area (Å²) in [6.45, 7) is 3.15. The van der Waals surface area contributed by atoms with Gasteiger partial charge >= 0.3 is 11.9 Å². The van der Waals surface area contributed by atoms with E-state index in [0.29, 0.717) is 0 Å². The summed E-state index contributed by atoms with van der Waals surface area (Å²) >= 11 is 0. The monoisotopic (exact) mass is 384 g/mol. The fraction of sp³-hybridized carbons (Fsp3) is 0.526. The maximum atomic E-state index is 14.6. The molecule has 0 unspecified atom stereocenters. The lowest BCUT2D eigenvalue weighted by atomic mass is 9.67. The highest BCUT2D eigenvalue weighted by Crippen LogP contribution is 2.40. The Morgan fingerprint density at radius 1 is 1.07 bits per heavy atom. The summed E-state index contributed by atoms with van der Waals surface area (Å²) in [6.07, 6.45) is 0.00301. The van der Waals surface area contributed by atoms with E-state index < -0.39 is 40.7 Å². The van der Waals surface area contributed by atoms with E-state index in [9.17, 15) is 23.2 Å². The van der Waals surface area contributed by atoms with Crippen molar-refractivity contribution in [3.05, 3.63) is 35.4 Å². The molecule has 1 saturated heterocycles. The molecule has 8 heteroatoms. The van der Waals surface area contributed by atoms with E-state index in [2.05, 4.69) is 0 Å². The first-order valence-corrected chi connectivity index (χ1v) is 8.78. The normalized spacial score (nSPS) is 16.0. The maximum absolute atomic E-state index is 14.6. The number of ether oxygens (including phenoxy) is 3. The van der Waals surface area contributed by atoms with Gasteiger partial charge in [0.25, 0.3) is 0 Å². The molecular weight excluding hydrogens is 362 g/mol. The smallest absolute Gasteiger partial charge is 0.328 e. The summed E-state index contributed by atoms with van der Waals surface area (Å²) in [5.41, 5.74) is -1.79. The first-order chi connectivity index (χ1) is 12.9. The fourth-order valence-corrected chi connectivity index (χ4v) is 3.28. The molecule has 0 atom stereocenters. The van der Waals surface area contributed by atoms with Gasteiger partial charge in [-0.05, 0) is 32.8 Å². The van der Waals surface area contributed by atoms with Gasteiger partial charge in [-0.1, -0.05) is 12.1 Å². The molecule has 27 heavy (non-hydrogen) atoms. The Morgan fingerprint density at radius 3 is 2.15 bits per heavy atom. The molecule has 1 aliphatic rings. The minimum absolute atomic E-state index is 0.00150. The zero-order chi connectivity index (χ0) is 20.0. The van der Waals surface area contributed by atoms with Crippen molar-refractivity contribution in [2.24, 2.45) is 5.92 Å². The molecule has 6 nitrogen and oxygen atoms in total. The van der Waals surface area contributed by atoms with E-state index >= 15 is 0 Å². The Morgan fingerprint density at radius 2 is 1.63 bits per heavy atom. The molecule has 0 saturated carbocycles. The third kappa shape index (κ3) is 4.16. The van der Waals surface area contributed by atoms with Crippen LogP contribution < -0.4 is 0 Å². The Labute approximate surface area is 155 Å². The molecule has 0 radical (unpaired) electrons. The topological polar surface area (TPSA) is 78.9 Å². The number of carbonyl (C=O) groups excluding carboxylic acids is 3. The molecule has 1 aliphatic heterocycles. The molecule has 2 rings (SSSR count). The molecule has 0 aliphatic carbocycles. The van der Waals surface area contributed by atoms with Crippen molar-refractivity contribution >= 4 is 17.7 Å². The third-order valence-corrected chi connectivity index (χ3v) is 4.59. The van der Waals surface area contributed by atoms with Crippen molar-refractivity contribution in [2.45, 2.75) is 32.1 Å². The average Bonchev–Trinajstić information content (AvgIpc) is 2.65. The second kappa shape index (κ2) is 9.03. The van der Waals surface area contributed by atoms with Crippen LogP contribution in [0.5, 0.6) is 0 Å². The molecule has 1 heterocycles. The van der Waals surface area contributed by atoms with Gasteiger partial charge in [0.2, 0.25) is 5.92 Å². The molecule has 0 aromatic heterocycles. The lowest BCUT2D eigenvalue weighted by Gasteiger charge is -2.37. The summed E-state index contributed by atoms with van der Waals surface area (Å²) in [6, 6.07) is 3.50. The van der Waals surface area contributed by atoms with E-state index in [-0.39, 0.29) is 44.8 Å². The van der Waals surface area contributed by atoms with Crippen LogP contribution in [-0.2, 0) is 34.0 Å². The van der Waals surface area contributed by atoms with E-state index in [1.54, 1.807) is 0 Å². The van der Waals surface area contributed by atoms with Crippen LogP contribution in [-0.4, -0.2) is 44.1 Å². The van der Waals surface area contributed by atoms with Crippen LogP contribution in [0, 0.1) is 17.6 Å². The number of Topliss-reactive ketones (excluding diaryl/α,β-unsaturated/α-hetero) is 1. The van der Waals surface area contributed by atoms with E-state index in [0.717, 1.165) is 6.07 Å². The van der Waals surface area contributed by atoms with Crippen LogP contribution in [0.4, 0.5) is 8.78 Å². The van der Waals surface area contributed by atoms with E-state index in [1.807, 2.05) is 0 Å². The van der Waals surface area contributed by atoms with Crippen LogP contribution >= 0.6 is 0 Å². The van der Waals surface area contributed by atoms with Crippen LogP contribution in [0.2, 0.25) is 0 Å². The predicted octanol–water partition coefficient (Wildman–Crippen LogP) is 2.32. The quantitative estimate of drug-likeness (QED) is 0.530. The SMILES string of the molecule is CCOC(=O)C(C(=O)OCC)C(=O)C1(c2cccc(F)c2F)CCOCC1. The standard InChI is InChI=1S/C19H22F2O6/c1-3-26-17(23)14(18(24)27-4-2)16(22)19(8-10-25-11-9-19)12-6-5-7-13(20)15(12)21/h5-7,14H,3-4,8-11H2,1-2H3. The minimum Gasteiger partial charge on any atom is -0.465 e. The summed E-state index contributed by atoms with van der Waals surface area (Å²) in [7, 11) is 0. The molecule has 148 valence electrons. The molecule has 1 aromatic rings. The first-order valence-electron chi connectivity index (χ1n) is 8.78. The predicted molar refractivity (Wildman–Crippen MR) is 89.9 cm³/mol. The van der Waals surface area contributed by atoms with Gasteiger partial charge in [-0.2, -0.15) is 0 Å². The van der Waals surface area contributed by atoms with Crippen molar-refractivity contribution in [1.29, 1.82) is 0 Å². The highest BCUT2D eigenvalue weighted by molar-refractivity contribution is 6.18. The Bertz CT molecular complexity index is 694. The Balaban J connectivity index is 2.56. The average molecular weight is 384 g/mol. The second-order valence-corrected chi connectivity index (χ2v) is 6.10. The van der Waals surface area contributed by atoms with Crippen LogP contribution in [0.15, 0.2) is 18.2 Å². The maximum Gasteiger partial charge on any atom is 0.328 e. The molecule has 0 bridgehead atoms. The third-order valence-electron chi connectivity index (χ3n) is 4.59. The van der Waals surface area contributed by atoms with Gasteiger partial charge in [-0.3, -0.25) is 14.4 Å². The number of halogens is 2. The van der Waals surface area contributed by atoms with Gasteiger partial charge in [0.05, 0.1) is 18.6 Å². The number of hydrogen-bond acceptors (Lipinski definition) is 6. The molecule has 1 fully saturated rings. The second-order valence-electron chi connectivity index (χ2n) is 6.10. The van der Waals surface area contributed by atoms with Gasteiger partial charge in [0, 0.05) is 18.8 Å². The summed E-state index contributed by atoms with van der Waals surface area (Å²) in [5.74, 6) is -7.17. The lowest BCUT2D eigenvalue weighted by Crippen LogP contribution is -2.50. The van der Waals surface area contributed by atoms with Crippen molar-refractivity contribution < 1.29 is 37.4 Å². The van der Waals surface area contributed by atoms with E-state index in [1.165, 1.54) is 26.0 Å². The van der Waals surface area contributed by atoms with Gasteiger partial charge in [-0.25, -0.2) is 8.78 Å². The van der Waals surface area contributed by atoms with E-state index in [4.69, 9.17) is 14.2 Å². The lowest BCUT2D eigenvalue weighted by molar-refractivity contribution is -0.166. The van der Waals surface area contributed by atoms with Crippen LogP contribution in [0.1, 0.15) is 32.3 Å². The Hall–Kier alpha value is -2.35. The highest BCUT2D eigenvalue weighted by Gasteiger charge is 2.51. The molecule has 1 aromatic carbocycles. The van der Waals surface area contributed by atoms with Gasteiger partial charge in [-0.15, -0.1) is 0 Å². The zero-order valence-electron chi connectivity index (χ0n) is 15.3. The summed E-state index contributed by atoms with van der Waals surface area (Å²) in [5, 5.41) is 0. The number of ketones is 1. The number of hydrogen-bond donors (Lipinski definition) is 0. The number of benzene rings is 1. The fourth-order valence-electron chi connectivity index (χ4n) is 3.28. The molecule has 0 amide bonds. The number of carbonyl (C=O) groups is 3. The van der Waals surface area contributed by atoms with Gasteiger partial charge in [0.1, 0.15) is 0 Å². The van der Waals surface area contributed by atoms with Crippen molar-refractivity contribution in [1.82, 2.24) is 0 Å². The summed E-state index contributed by atoms with van der Waals surface area (Å²) < 4.78 is 43.4. The number of esters is 2. The van der Waals surface area contributed by atoms with Crippen molar-refractivity contribution in [2.75, 3.05) is 26.4 Å². The molecule has 0 spiro atoms. The van der Waals surface area contributed by atoms with Crippen LogP contribution in [0.25, 0.3) is 0 Å². The summed E-state index contributed by atoms with van der Waals surface area (Å²) in [4.78, 5) is 38.0. The minimum atomic E-state index is -1.87. The van der Waals surface area contributed by atoms with Crippen molar-refractivity contribution in [3.8, 4) is 0 Å². The largest absolute Gasteiger partial charge is 0.465 e. The number of rotatable bonds is 7. The molecule has 0 N–H and O–H groups in total. The van der Waals surface area contributed by atoms with Crippen LogP contribution in [0.3, 0.4) is 0 Å². The molecular formula is C19H22F2O6. The van der Waals surface area contributed by atoms with Gasteiger partial charge < -0.3 is 14.2 Å². The van der Waals surface area contributed by atoms with Crippen molar-refractivity contribution in [3.63, 3.8) is 0 Å². The Kier molecular flexibility index (Phi) is 7.01. The first kappa shape index (κ1) is 21.0.